The fourth-order valence-corrected chi connectivity index (χ4v) is 3.33. The lowest BCUT2D eigenvalue weighted by Crippen LogP contribution is -2.28. The molecule has 2 aromatic heterocycles. The molecule has 0 radical (unpaired) electrons. The van der Waals surface area contributed by atoms with Crippen LogP contribution >= 0.6 is 11.6 Å². The topological polar surface area (TPSA) is 85.8 Å². The minimum atomic E-state index is -0.262. The Kier molecular flexibility index (Phi) is 4.65. The molecule has 0 fully saturated rings. The second-order valence-electron chi connectivity index (χ2n) is 7.06. The highest BCUT2D eigenvalue weighted by Crippen LogP contribution is 2.31. The van der Waals surface area contributed by atoms with Gasteiger partial charge in [0.2, 0.25) is 0 Å². The van der Waals surface area contributed by atoms with E-state index in [4.69, 9.17) is 27.3 Å². The van der Waals surface area contributed by atoms with Gasteiger partial charge in [-0.05, 0) is 36.2 Å². The number of amides is 1. The molecule has 3 N–H and O–H groups in total. The van der Waals surface area contributed by atoms with Gasteiger partial charge in [-0.1, -0.05) is 43.6 Å². The smallest absolute Gasteiger partial charge is 0.257 e. The first-order valence-electron chi connectivity index (χ1n) is 9.06. The molecule has 1 amide bonds. The molecule has 0 aliphatic rings. The number of nitrogen functional groups attached to an aromatic ring is 1. The zero-order chi connectivity index (χ0) is 19.8. The maximum Gasteiger partial charge on any atom is 0.257 e. The van der Waals surface area contributed by atoms with Crippen LogP contribution in [-0.4, -0.2) is 27.0 Å². The Morgan fingerprint density at radius 3 is 2.54 bits per heavy atom. The molecule has 6 nitrogen and oxygen atoms in total. The summed E-state index contributed by atoms with van der Waals surface area (Å²) in [5.41, 5.74) is 9.92. The number of nitrogens with zero attached hydrogens (tertiary/aromatic N) is 3. The van der Waals surface area contributed by atoms with Gasteiger partial charge >= 0.3 is 0 Å². The van der Waals surface area contributed by atoms with Crippen LogP contribution in [0.2, 0.25) is 5.02 Å². The van der Waals surface area contributed by atoms with Gasteiger partial charge in [-0.15, -0.1) is 0 Å². The van der Waals surface area contributed by atoms with E-state index in [9.17, 15) is 4.79 Å². The Hall–Kier alpha value is -3.12. The third-order valence-corrected chi connectivity index (χ3v) is 4.70. The standard InChI is InChI=1S/C21H20ClN5O/c1-12(2)11-24-21(28)17-18-20(26-16-9-4-3-8-15(16)25-18)27(19(17)23)14-7-5-6-13(22)10-14/h3-10,12H,11,23H2,1-2H3,(H,24,28). The van der Waals surface area contributed by atoms with Gasteiger partial charge in [0, 0.05) is 11.6 Å². The average Bonchev–Trinajstić information content (AvgIpc) is 2.95. The number of para-hydroxylation sites is 2. The minimum absolute atomic E-state index is 0.262. The second-order valence-corrected chi connectivity index (χ2v) is 7.50. The van der Waals surface area contributed by atoms with Crippen molar-refractivity contribution in [3.63, 3.8) is 0 Å². The van der Waals surface area contributed by atoms with Gasteiger partial charge in [0.25, 0.3) is 5.91 Å². The summed E-state index contributed by atoms with van der Waals surface area (Å²) in [4.78, 5) is 22.4. The molecule has 0 saturated carbocycles. The number of hydrogen-bond donors (Lipinski definition) is 2. The minimum Gasteiger partial charge on any atom is -0.384 e. The van der Waals surface area contributed by atoms with E-state index >= 15 is 0 Å². The van der Waals surface area contributed by atoms with Gasteiger partial charge in [-0.3, -0.25) is 9.36 Å². The largest absolute Gasteiger partial charge is 0.384 e. The van der Waals surface area contributed by atoms with Crippen LogP contribution in [0.4, 0.5) is 5.82 Å². The zero-order valence-corrected chi connectivity index (χ0v) is 16.4. The molecule has 4 rings (SSSR count). The summed E-state index contributed by atoms with van der Waals surface area (Å²) in [5, 5.41) is 3.50. The SMILES string of the molecule is CC(C)CNC(=O)c1c(N)n(-c2cccc(Cl)c2)c2nc3ccccc3nc12. The summed E-state index contributed by atoms with van der Waals surface area (Å²) in [7, 11) is 0. The van der Waals surface area contributed by atoms with E-state index in [0.29, 0.717) is 39.7 Å². The van der Waals surface area contributed by atoms with Crippen molar-refractivity contribution >= 4 is 45.5 Å². The first kappa shape index (κ1) is 18.3. The van der Waals surface area contributed by atoms with Crippen LogP contribution in [0, 0.1) is 5.92 Å². The molecule has 2 heterocycles. The average molecular weight is 394 g/mol. The fourth-order valence-electron chi connectivity index (χ4n) is 3.15. The number of halogens is 1. The summed E-state index contributed by atoms with van der Waals surface area (Å²) in [6, 6.07) is 14.8. The van der Waals surface area contributed by atoms with Crippen molar-refractivity contribution in [3.05, 3.63) is 59.1 Å². The first-order valence-corrected chi connectivity index (χ1v) is 9.44. The Balaban J connectivity index is 2.01. The summed E-state index contributed by atoms with van der Waals surface area (Å²) >= 11 is 6.18. The number of carbonyl (C=O) groups excluding carboxylic acids is 1. The quantitative estimate of drug-likeness (QED) is 0.544. The van der Waals surface area contributed by atoms with Crippen LogP contribution < -0.4 is 11.1 Å². The van der Waals surface area contributed by atoms with Crippen LogP contribution in [0.1, 0.15) is 24.2 Å². The van der Waals surface area contributed by atoms with Crippen molar-refractivity contribution in [2.45, 2.75) is 13.8 Å². The van der Waals surface area contributed by atoms with Crippen molar-refractivity contribution < 1.29 is 4.79 Å². The van der Waals surface area contributed by atoms with Crippen molar-refractivity contribution in [2.24, 2.45) is 5.92 Å². The normalized spacial score (nSPS) is 11.4. The molecule has 4 aromatic rings. The number of carbonyl (C=O) groups is 1. The Morgan fingerprint density at radius 1 is 1.14 bits per heavy atom. The molecular weight excluding hydrogens is 374 g/mol. The highest BCUT2D eigenvalue weighted by Gasteiger charge is 2.24. The van der Waals surface area contributed by atoms with Crippen molar-refractivity contribution in [1.29, 1.82) is 0 Å². The predicted octanol–water partition coefficient (Wildman–Crippen LogP) is 4.20. The Labute approximate surface area is 167 Å². The van der Waals surface area contributed by atoms with Gasteiger partial charge in [0.15, 0.2) is 5.65 Å². The monoisotopic (exact) mass is 393 g/mol. The lowest BCUT2D eigenvalue weighted by Gasteiger charge is -2.09. The number of nitrogens with one attached hydrogen (secondary N) is 1. The van der Waals surface area contributed by atoms with Gasteiger partial charge in [-0.25, -0.2) is 9.97 Å². The molecule has 0 bridgehead atoms. The zero-order valence-electron chi connectivity index (χ0n) is 15.6. The number of anilines is 1. The third kappa shape index (κ3) is 3.16. The van der Waals surface area contributed by atoms with Crippen molar-refractivity contribution in [3.8, 4) is 5.69 Å². The molecule has 0 aliphatic carbocycles. The lowest BCUT2D eigenvalue weighted by molar-refractivity contribution is 0.0951. The summed E-state index contributed by atoms with van der Waals surface area (Å²) in [6.07, 6.45) is 0. The van der Waals surface area contributed by atoms with E-state index in [1.165, 1.54) is 0 Å². The molecule has 0 unspecified atom stereocenters. The molecule has 0 saturated heterocycles. The predicted molar refractivity (Wildman–Crippen MR) is 113 cm³/mol. The number of fused-ring (bicyclic) bond motifs is 2. The van der Waals surface area contributed by atoms with Crippen LogP contribution in [-0.2, 0) is 0 Å². The van der Waals surface area contributed by atoms with Gasteiger partial charge in [0.1, 0.15) is 16.9 Å². The molecule has 7 heteroatoms. The van der Waals surface area contributed by atoms with E-state index in [2.05, 4.69) is 5.32 Å². The van der Waals surface area contributed by atoms with E-state index < -0.39 is 0 Å². The Morgan fingerprint density at radius 2 is 1.86 bits per heavy atom. The van der Waals surface area contributed by atoms with E-state index in [0.717, 1.165) is 11.2 Å². The molecule has 0 spiro atoms. The summed E-state index contributed by atoms with van der Waals surface area (Å²) in [6.45, 7) is 4.61. The van der Waals surface area contributed by atoms with Crippen LogP contribution in [0.5, 0.6) is 0 Å². The number of benzene rings is 2. The van der Waals surface area contributed by atoms with Gasteiger partial charge in [0.05, 0.1) is 16.7 Å². The maximum atomic E-state index is 12.9. The van der Waals surface area contributed by atoms with E-state index in [1.54, 1.807) is 16.7 Å². The summed E-state index contributed by atoms with van der Waals surface area (Å²) in [5.74, 6) is 0.341. The molecule has 2 aromatic carbocycles. The van der Waals surface area contributed by atoms with E-state index in [1.807, 2.05) is 50.2 Å². The summed E-state index contributed by atoms with van der Waals surface area (Å²) < 4.78 is 1.73. The van der Waals surface area contributed by atoms with Gasteiger partial charge in [-0.2, -0.15) is 0 Å². The molecule has 0 aliphatic heterocycles. The molecule has 28 heavy (non-hydrogen) atoms. The van der Waals surface area contributed by atoms with Gasteiger partial charge < -0.3 is 11.1 Å². The number of aromatic nitrogens is 3. The Bertz CT molecular complexity index is 1200. The molecular formula is C21H20ClN5O. The number of rotatable bonds is 4. The number of nitrogens with two attached hydrogens (primary N) is 1. The maximum absolute atomic E-state index is 12.9. The first-order chi connectivity index (χ1) is 13.5. The van der Waals surface area contributed by atoms with E-state index in [-0.39, 0.29) is 11.7 Å². The molecule has 0 atom stereocenters. The van der Waals surface area contributed by atoms with Crippen molar-refractivity contribution in [1.82, 2.24) is 19.9 Å². The fraction of sp³-hybridized carbons (Fsp3) is 0.190. The second kappa shape index (κ2) is 7.13. The van der Waals surface area contributed by atoms with Crippen molar-refractivity contribution in [2.75, 3.05) is 12.3 Å². The third-order valence-electron chi connectivity index (χ3n) is 4.46. The number of hydrogen-bond acceptors (Lipinski definition) is 4. The van der Waals surface area contributed by atoms with Crippen LogP contribution in [0.3, 0.4) is 0 Å². The lowest BCUT2D eigenvalue weighted by atomic mass is 10.2. The molecule has 142 valence electrons. The highest BCUT2D eigenvalue weighted by molar-refractivity contribution is 6.30. The van der Waals surface area contributed by atoms with Crippen LogP contribution in [0.25, 0.3) is 27.9 Å². The van der Waals surface area contributed by atoms with Crippen LogP contribution in [0.15, 0.2) is 48.5 Å². The highest BCUT2D eigenvalue weighted by atomic mass is 35.5.